The molecule has 2 aliphatic rings. The maximum Gasteiger partial charge on any atom is 0.322 e. The maximum absolute atomic E-state index is 12.5. The van der Waals surface area contributed by atoms with Gasteiger partial charge in [0.05, 0.1) is 6.61 Å². The number of hydrogen-bond acceptors (Lipinski definition) is 5. The average molecular weight is 374 g/mol. The van der Waals surface area contributed by atoms with Crippen LogP contribution in [0.1, 0.15) is 26.7 Å². The number of amides is 4. The van der Waals surface area contributed by atoms with Crippen molar-refractivity contribution in [2.45, 2.75) is 32.2 Å². The molecule has 4 amide bonds. The summed E-state index contributed by atoms with van der Waals surface area (Å²) in [6.45, 7) is 6.98. The van der Waals surface area contributed by atoms with Crippen molar-refractivity contribution in [2.75, 3.05) is 37.7 Å². The molecule has 1 unspecified atom stereocenters. The molecule has 146 valence electrons. The molecule has 2 N–H and O–H groups in total. The number of nitrogens with one attached hydrogen (secondary N) is 2. The first-order valence-corrected chi connectivity index (χ1v) is 9.30. The monoisotopic (exact) mass is 374 g/mol. The fraction of sp³-hybridized carbons (Fsp3) is 0.526. The van der Waals surface area contributed by atoms with Crippen molar-refractivity contribution < 1.29 is 19.1 Å². The topological polar surface area (TPSA) is 91.0 Å². The van der Waals surface area contributed by atoms with Gasteiger partial charge in [0.2, 0.25) is 5.91 Å². The Balaban J connectivity index is 1.50. The van der Waals surface area contributed by atoms with Gasteiger partial charge >= 0.3 is 6.03 Å². The van der Waals surface area contributed by atoms with Crippen LogP contribution in [0.4, 0.5) is 10.5 Å². The van der Waals surface area contributed by atoms with Gasteiger partial charge in [0.25, 0.3) is 5.91 Å². The van der Waals surface area contributed by atoms with E-state index in [1.807, 2.05) is 36.1 Å². The Labute approximate surface area is 158 Å². The predicted octanol–water partition coefficient (Wildman–Crippen LogP) is 1.11. The Morgan fingerprint density at radius 2 is 1.96 bits per heavy atom. The fourth-order valence-corrected chi connectivity index (χ4v) is 3.42. The number of ether oxygens (including phenoxy) is 1. The van der Waals surface area contributed by atoms with Crippen molar-refractivity contribution in [3.05, 3.63) is 24.3 Å². The number of rotatable bonds is 6. The lowest BCUT2D eigenvalue weighted by molar-refractivity contribution is -0.132. The summed E-state index contributed by atoms with van der Waals surface area (Å²) in [4.78, 5) is 39.7. The van der Waals surface area contributed by atoms with Gasteiger partial charge in [0.1, 0.15) is 11.3 Å². The highest BCUT2D eigenvalue weighted by atomic mass is 16.5. The first-order valence-electron chi connectivity index (χ1n) is 9.30. The number of urea groups is 1. The molecule has 2 heterocycles. The molecule has 3 rings (SSSR count). The third-order valence-corrected chi connectivity index (χ3v) is 5.08. The van der Waals surface area contributed by atoms with E-state index < -0.39 is 11.6 Å². The molecule has 1 atom stereocenters. The molecule has 1 aromatic rings. The van der Waals surface area contributed by atoms with Gasteiger partial charge in [-0.15, -0.1) is 0 Å². The quantitative estimate of drug-likeness (QED) is 0.728. The molecule has 0 aliphatic carbocycles. The van der Waals surface area contributed by atoms with Crippen molar-refractivity contribution in [1.29, 1.82) is 0 Å². The summed E-state index contributed by atoms with van der Waals surface area (Å²) in [6, 6.07) is 7.47. The number of piperazine rings is 1. The lowest BCUT2D eigenvalue weighted by Gasteiger charge is -2.36. The number of imide groups is 1. The van der Waals surface area contributed by atoms with Crippen LogP contribution in [0.15, 0.2) is 24.3 Å². The minimum atomic E-state index is -1.01. The highest BCUT2D eigenvalue weighted by molar-refractivity contribution is 6.06. The first-order chi connectivity index (χ1) is 12.9. The minimum absolute atomic E-state index is 0.00731. The zero-order valence-electron chi connectivity index (χ0n) is 15.8. The number of nitrogens with zero attached hydrogens (tertiary/aromatic N) is 2. The van der Waals surface area contributed by atoms with Crippen LogP contribution in [0.25, 0.3) is 0 Å². The molecule has 1 aromatic carbocycles. The van der Waals surface area contributed by atoms with Gasteiger partial charge in [-0.25, -0.2) is 4.79 Å². The lowest BCUT2D eigenvalue weighted by atomic mass is 9.96. The van der Waals surface area contributed by atoms with E-state index >= 15 is 0 Å². The Morgan fingerprint density at radius 3 is 2.59 bits per heavy atom. The number of carbonyl (C=O) groups is 3. The normalized spacial score (nSPS) is 22.4. The molecule has 0 bridgehead atoms. The second kappa shape index (κ2) is 7.85. The number of hydrogen-bond donors (Lipinski definition) is 2. The summed E-state index contributed by atoms with van der Waals surface area (Å²) >= 11 is 0. The van der Waals surface area contributed by atoms with Crippen LogP contribution < -0.4 is 20.3 Å². The molecule has 2 aliphatic heterocycles. The van der Waals surface area contributed by atoms with E-state index in [-0.39, 0.29) is 18.2 Å². The smallest absolute Gasteiger partial charge is 0.322 e. The average Bonchev–Trinajstić information content (AvgIpc) is 2.92. The van der Waals surface area contributed by atoms with E-state index in [2.05, 4.69) is 15.5 Å². The van der Waals surface area contributed by atoms with Crippen molar-refractivity contribution in [3.63, 3.8) is 0 Å². The van der Waals surface area contributed by atoms with E-state index in [4.69, 9.17) is 4.74 Å². The molecular formula is C19H26N4O4. The SMILES string of the molecule is CCOc1cccc(N2CCN(C(=O)CCC3(C)NC(=O)NC3=O)CC2)c1. The van der Waals surface area contributed by atoms with Crippen molar-refractivity contribution in [1.82, 2.24) is 15.5 Å². The zero-order valence-corrected chi connectivity index (χ0v) is 15.8. The Bertz CT molecular complexity index is 730. The van der Waals surface area contributed by atoms with Gasteiger partial charge in [-0.1, -0.05) is 6.07 Å². The number of anilines is 1. The lowest BCUT2D eigenvalue weighted by Crippen LogP contribution is -2.50. The second-order valence-electron chi connectivity index (χ2n) is 7.04. The van der Waals surface area contributed by atoms with Gasteiger partial charge in [-0.05, 0) is 32.4 Å². The Kier molecular flexibility index (Phi) is 5.53. The van der Waals surface area contributed by atoms with Gasteiger partial charge in [0, 0.05) is 44.4 Å². The molecule has 0 radical (unpaired) electrons. The molecule has 0 aromatic heterocycles. The molecule has 0 saturated carbocycles. The molecule has 27 heavy (non-hydrogen) atoms. The summed E-state index contributed by atoms with van der Waals surface area (Å²) in [6.07, 6.45) is 0.518. The summed E-state index contributed by atoms with van der Waals surface area (Å²) in [5.74, 6) is 0.478. The van der Waals surface area contributed by atoms with Crippen molar-refractivity contribution in [3.8, 4) is 5.75 Å². The minimum Gasteiger partial charge on any atom is -0.494 e. The van der Waals surface area contributed by atoms with Crippen LogP contribution in [0.3, 0.4) is 0 Å². The van der Waals surface area contributed by atoms with Gasteiger partial charge in [-0.2, -0.15) is 0 Å². The van der Waals surface area contributed by atoms with E-state index in [1.54, 1.807) is 6.92 Å². The Morgan fingerprint density at radius 1 is 1.22 bits per heavy atom. The van der Waals surface area contributed by atoms with E-state index in [0.717, 1.165) is 24.5 Å². The standard InChI is InChI=1S/C19H26N4O4/c1-3-27-15-6-4-5-14(13-15)22-9-11-23(12-10-22)16(24)7-8-19(2)17(25)20-18(26)21-19/h4-6,13H,3,7-12H2,1-2H3,(H2,20,21,25,26). The third kappa shape index (κ3) is 4.32. The van der Waals surface area contributed by atoms with E-state index in [1.165, 1.54) is 0 Å². The van der Waals surface area contributed by atoms with Crippen LogP contribution in [0.5, 0.6) is 5.75 Å². The first kappa shape index (κ1) is 19.0. The highest BCUT2D eigenvalue weighted by Crippen LogP contribution is 2.23. The fourth-order valence-electron chi connectivity index (χ4n) is 3.42. The van der Waals surface area contributed by atoms with Crippen molar-refractivity contribution >= 4 is 23.5 Å². The van der Waals surface area contributed by atoms with Gasteiger partial charge in [-0.3, -0.25) is 14.9 Å². The maximum atomic E-state index is 12.5. The van der Waals surface area contributed by atoms with Crippen LogP contribution in [0.2, 0.25) is 0 Å². The van der Waals surface area contributed by atoms with E-state index in [9.17, 15) is 14.4 Å². The number of carbonyl (C=O) groups excluding carboxylic acids is 3. The molecule has 8 nitrogen and oxygen atoms in total. The largest absolute Gasteiger partial charge is 0.494 e. The molecular weight excluding hydrogens is 348 g/mol. The summed E-state index contributed by atoms with van der Waals surface area (Å²) < 4.78 is 5.55. The molecule has 0 spiro atoms. The molecule has 2 fully saturated rings. The van der Waals surface area contributed by atoms with Gasteiger partial charge in [0.15, 0.2) is 0 Å². The highest BCUT2D eigenvalue weighted by Gasteiger charge is 2.42. The predicted molar refractivity (Wildman–Crippen MR) is 101 cm³/mol. The van der Waals surface area contributed by atoms with Crippen LogP contribution in [-0.4, -0.2) is 61.1 Å². The summed E-state index contributed by atoms with van der Waals surface area (Å²) in [5.41, 5.74) is 0.0831. The second-order valence-corrected chi connectivity index (χ2v) is 7.04. The van der Waals surface area contributed by atoms with Crippen LogP contribution >= 0.6 is 0 Å². The molecule has 8 heteroatoms. The summed E-state index contributed by atoms with van der Waals surface area (Å²) in [5, 5.41) is 4.81. The zero-order chi connectivity index (χ0) is 19.4. The van der Waals surface area contributed by atoms with Crippen LogP contribution in [-0.2, 0) is 9.59 Å². The van der Waals surface area contributed by atoms with Crippen LogP contribution in [0, 0.1) is 0 Å². The van der Waals surface area contributed by atoms with Crippen molar-refractivity contribution in [2.24, 2.45) is 0 Å². The molecule has 2 saturated heterocycles. The third-order valence-electron chi connectivity index (χ3n) is 5.08. The number of benzene rings is 1. The Hall–Kier alpha value is -2.77. The van der Waals surface area contributed by atoms with Gasteiger partial charge < -0.3 is 19.9 Å². The van der Waals surface area contributed by atoms with E-state index in [0.29, 0.717) is 26.1 Å². The summed E-state index contributed by atoms with van der Waals surface area (Å²) in [7, 11) is 0.